The molecule has 2 N–H and O–H groups in total. The average molecular weight is 325 g/mol. The van der Waals surface area contributed by atoms with Crippen LogP contribution in [0.1, 0.15) is 11.1 Å². The Morgan fingerprint density at radius 1 is 1.16 bits per heavy atom. The van der Waals surface area contributed by atoms with Crippen LogP contribution in [-0.2, 0) is 0 Å². The van der Waals surface area contributed by atoms with Gasteiger partial charge in [0, 0.05) is 18.3 Å². The molecule has 0 aliphatic heterocycles. The minimum atomic E-state index is -0.279. The van der Waals surface area contributed by atoms with Crippen molar-refractivity contribution in [2.45, 2.75) is 13.8 Å². The molecular formula is C13H14BrFN4. The quantitative estimate of drug-likeness (QED) is 0.902. The number of hydrogen-bond acceptors (Lipinski definition) is 4. The summed E-state index contributed by atoms with van der Waals surface area (Å²) < 4.78 is 13.8. The summed E-state index contributed by atoms with van der Waals surface area (Å²) in [6.07, 6.45) is 1.48. The summed E-state index contributed by atoms with van der Waals surface area (Å²) in [6.45, 7) is 3.76. The standard InChI is InChI=1S/C13H14BrFN4/c1-7-4-10(15)9(14)5-11(7)19-13-8(2)12(16-3)17-6-18-13/h4-6H,1-3H3,(H2,16,17,18,19). The minimum absolute atomic E-state index is 0.279. The average Bonchev–Trinajstić information content (AvgIpc) is 2.38. The number of benzene rings is 1. The fourth-order valence-electron chi connectivity index (χ4n) is 1.74. The summed E-state index contributed by atoms with van der Waals surface area (Å²) in [7, 11) is 1.80. The third-order valence-corrected chi connectivity index (χ3v) is 3.45. The van der Waals surface area contributed by atoms with Crippen LogP contribution in [0.15, 0.2) is 22.9 Å². The van der Waals surface area contributed by atoms with Crippen molar-refractivity contribution in [2.75, 3.05) is 17.7 Å². The van der Waals surface area contributed by atoms with Crippen LogP contribution in [0.25, 0.3) is 0 Å². The molecule has 0 spiro atoms. The van der Waals surface area contributed by atoms with Crippen molar-refractivity contribution in [3.8, 4) is 0 Å². The minimum Gasteiger partial charge on any atom is -0.373 e. The molecule has 0 unspecified atom stereocenters. The first-order chi connectivity index (χ1) is 9.02. The highest BCUT2D eigenvalue weighted by atomic mass is 79.9. The van der Waals surface area contributed by atoms with Crippen LogP contribution in [0, 0.1) is 19.7 Å². The van der Waals surface area contributed by atoms with E-state index in [4.69, 9.17) is 0 Å². The first kappa shape index (κ1) is 13.7. The predicted molar refractivity (Wildman–Crippen MR) is 78.4 cm³/mol. The van der Waals surface area contributed by atoms with E-state index in [2.05, 4.69) is 36.5 Å². The fourth-order valence-corrected chi connectivity index (χ4v) is 2.08. The molecule has 0 aliphatic rings. The second-order valence-corrected chi connectivity index (χ2v) is 5.01. The van der Waals surface area contributed by atoms with Crippen molar-refractivity contribution in [3.63, 3.8) is 0 Å². The Bertz CT molecular complexity index is 616. The van der Waals surface area contributed by atoms with Crippen LogP contribution in [0.3, 0.4) is 0 Å². The number of aryl methyl sites for hydroxylation is 1. The highest BCUT2D eigenvalue weighted by molar-refractivity contribution is 9.10. The molecule has 2 rings (SSSR count). The monoisotopic (exact) mass is 324 g/mol. The molecule has 0 fully saturated rings. The molecule has 0 radical (unpaired) electrons. The number of nitrogens with zero attached hydrogens (tertiary/aromatic N) is 2. The van der Waals surface area contributed by atoms with E-state index in [-0.39, 0.29) is 5.82 Å². The summed E-state index contributed by atoms with van der Waals surface area (Å²) >= 11 is 3.18. The summed E-state index contributed by atoms with van der Waals surface area (Å²) in [6, 6.07) is 3.17. The Kier molecular flexibility index (Phi) is 3.99. The van der Waals surface area contributed by atoms with Crippen molar-refractivity contribution < 1.29 is 4.39 Å². The van der Waals surface area contributed by atoms with Gasteiger partial charge in [-0.3, -0.25) is 0 Å². The maximum absolute atomic E-state index is 13.4. The van der Waals surface area contributed by atoms with E-state index in [1.165, 1.54) is 12.4 Å². The Morgan fingerprint density at radius 2 is 1.84 bits per heavy atom. The summed E-state index contributed by atoms with van der Waals surface area (Å²) in [5, 5.41) is 6.19. The lowest BCUT2D eigenvalue weighted by Gasteiger charge is -2.13. The molecule has 0 saturated heterocycles. The molecule has 100 valence electrons. The molecular weight excluding hydrogens is 311 g/mol. The number of halogens is 2. The predicted octanol–water partition coefficient (Wildman–Crippen LogP) is 3.78. The molecule has 2 aromatic rings. The number of nitrogens with one attached hydrogen (secondary N) is 2. The zero-order valence-electron chi connectivity index (χ0n) is 10.9. The molecule has 19 heavy (non-hydrogen) atoms. The van der Waals surface area contributed by atoms with Crippen LogP contribution in [0.2, 0.25) is 0 Å². The normalized spacial score (nSPS) is 10.4. The van der Waals surface area contributed by atoms with Gasteiger partial charge in [-0.15, -0.1) is 0 Å². The first-order valence-electron chi connectivity index (χ1n) is 5.75. The largest absolute Gasteiger partial charge is 0.373 e. The molecule has 1 heterocycles. The molecule has 1 aromatic heterocycles. The molecule has 0 atom stereocenters. The van der Waals surface area contributed by atoms with E-state index < -0.39 is 0 Å². The van der Waals surface area contributed by atoms with Crippen molar-refractivity contribution in [2.24, 2.45) is 0 Å². The van der Waals surface area contributed by atoms with Gasteiger partial charge < -0.3 is 10.6 Å². The van der Waals surface area contributed by atoms with Gasteiger partial charge in [-0.25, -0.2) is 14.4 Å². The number of rotatable bonds is 3. The van der Waals surface area contributed by atoms with Crippen LogP contribution < -0.4 is 10.6 Å². The van der Waals surface area contributed by atoms with Crippen LogP contribution in [-0.4, -0.2) is 17.0 Å². The lowest BCUT2D eigenvalue weighted by molar-refractivity contribution is 0.620. The van der Waals surface area contributed by atoms with E-state index in [0.29, 0.717) is 10.3 Å². The van der Waals surface area contributed by atoms with Gasteiger partial charge in [0.25, 0.3) is 0 Å². The fraction of sp³-hybridized carbons (Fsp3) is 0.231. The van der Waals surface area contributed by atoms with Gasteiger partial charge in [-0.05, 0) is 47.5 Å². The Labute approximate surface area is 119 Å². The summed E-state index contributed by atoms with van der Waals surface area (Å²) in [4.78, 5) is 8.33. The van der Waals surface area contributed by atoms with Gasteiger partial charge >= 0.3 is 0 Å². The first-order valence-corrected chi connectivity index (χ1v) is 6.54. The summed E-state index contributed by atoms with van der Waals surface area (Å²) in [5.74, 6) is 1.18. The van der Waals surface area contributed by atoms with E-state index in [1.54, 1.807) is 13.1 Å². The highest BCUT2D eigenvalue weighted by Gasteiger charge is 2.09. The lowest BCUT2D eigenvalue weighted by Crippen LogP contribution is -2.03. The van der Waals surface area contributed by atoms with E-state index >= 15 is 0 Å². The Morgan fingerprint density at radius 3 is 2.53 bits per heavy atom. The maximum Gasteiger partial charge on any atom is 0.138 e. The molecule has 0 saturated carbocycles. The zero-order chi connectivity index (χ0) is 14.0. The Hall–Kier alpha value is -1.69. The number of anilines is 3. The molecule has 0 bridgehead atoms. The van der Waals surface area contributed by atoms with Gasteiger partial charge in [-0.1, -0.05) is 0 Å². The van der Waals surface area contributed by atoms with E-state index in [1.807, 2.05) is 13.8 Å². The van der Waals surface area contributed by atoms with Crippen molar-refractivity contribution in [1.82, 2.24) is 9.97 Å². The lowest BCUT2D eigenvalue weighted by atomic mass is 10.2. The topological polar surface area (TPSA) is 49.8 Å². The smallest absolute Gasteiger partial charge is 0.138 e. The van der Waals surface area contributed by atoms with E-state index in [9.17, 15) is 4.39 Å². The molecule has 4 nitrogen and oxygen atoms in total. The maximum atomic E-state index is 13.4. The molecule has 1 aromatic carbocycles. The zero-order valence-corrected chi connectivity index (χ0v) is 12.5. The van der Waals surface area contributed by atoms with Gasteiger partial charge in [0.2, 0.25) is 0 Å². The number of aromatic nitrogens is 2. The van der Waals surface area contributed by atoms with Crippen molar-refractivity contribution in [3.05, 3.63) is 39.9 Å². The van der Waals surface area contributed by atoms with Gasteiger partial charge in [0.15, 0.2) is 0 Å². The van der Waals surface area contributed by atoms with E-state index in [0.717, 1.165) is 22.6 Å². The summed E-state index contributed by atoms with van der Waals surface area (Å²) in [5.41, 5.74) is 2.52. The molecule has 0 amide bonds. The SMILES string of the molecule is CNc1ncnc(Nc2cc(Br)c(F)cc2C)c1C. The van der Waals surface area contributed by atoms with Crippen molar-refractivity contribution in [1.29, 1.82) is 0 Å². The van der Waals surface area contributed by atoms with Gasteiger partial charge in [0.1, 0.15) is 23.8 Å². The van der Waals surface area contributed by atoms with Crippen LogP contribution >= 0.6 is 15.9 Å². The third-order valence-electron chi connectivity index (χ3n) is 2.84. The third kappa shape index (κ3) is 2.84. The second kappa shape index (κ2) is 5.52. The van der Waals surface area contributed by atoms with Gasteiger partial charge in [0.05, 0.1) is 4.47 Å². The number of hydrogen-bond donors (Lipinski definition) is 2. The van der Waals surface area contributed by atoms with Crippen LogP contribution in [0.5, 0.6) is 0 Å². The second-order valence-electron chi connectivity index (χ2n) is 4.15. The van der Waals surface area contributed by atoms with Gasteiger partial charge in [-0.2, -0.15) is 0 Å². The Balaban J connectivity index is 2.39. The highest BCUT2D eigenvalue weighted by Crippen LogP contribution is 2.28. The molecule has 0 aliphatic carbocycles. The molecule has 6 heteroatoms. The van der Waals surface area contributed by atoms with Crippen molar-refractivity contribution >= 4 is 33.3 Å². The van der Waals surface area contributed by atoms with Crippen LogP contribution in [0.4, 0.5) is 21.7 Å².